The Bertz CT molecular complexity index is 203. The Morgan fingerprint density at radius 1 is 1.46 bits per heavy atom. The van der Waals surface area contributed by atoms with E-state index in [9.17, 15) is 0 Å². The van der Waals surface area contributed by atoms with Crippen LogP contribution in [0.15, 0.2) is 23.8 Å². The second-order valence-electron chi connectivity index (χ2n) is 3.58. The summed E-state index contributed by atoms with van der Waals surface area (Å²) in [6.45, 7) is 11.5. The fraction of sp³-hybridized carbons (Fsp3) is 0.600. The predicted octanol–water partition coefficient (Wildman–Crippen LogP) is 4.86. The molecule has 0 saturated heterocycles. The molecule has 0 radical (unpaired) electrons. The number of hydrogen-bond donors (Lipinski definition) is 0. The van der Waals surface area contributed by atoms with E-state index in [-0.39, 0.29) is 9.70 Å². The van der Waals surface area contributed by atoms with Crippen LogP contribution >= 0.6 is 39.1 Å². The van der Waals surface area contributed by atoms with Crippen molar-refractivity contribution in [2.45, 2.75) is 36.4 Å². The second-order valence-corrected chi connectivity index (χ2v) is 6.61. The Balaban J connectivity index is 3.91. The Labute approximate surface area is 99.1 Å². The highest BCUT2D eigenvalue weighted by Gasteiger charge is 2.23. The highest BCUT2D eigenvalue weighted by molar-refractivity contribution is 9.10. The van der Waals surface area contributed by atoms with E-state index in [0.29, 0.717) is 5.03 Å². The third-order valence-corrected chi connectivity index (χ3v) is 3.68. The first-order chi connectivity index (χ1) is 5.75. The number of rotatable bonds is 5. The van der Waals surface area contributed by atoms with Gasteiger partial charge < -0.3 is 0 Å². The molecule has 0 bridgehead atoms. The number of alkyl halides is 2. The molecule has 1 unspecified atom stereocenters. The van der Waals surface area contributed by atoms with Crippen molar-refractivity contribution in [3.05, 3.63) is 23.8 Å². The van der Waals surface area contributed by atoms with Gasteiger partial charge in [-0.05, 0) is 32.3 Å². The second kappa shape index (κ2) is 5.43. The molecule has 0 N–H and O–H groups in total. The molecule has 0 rings (SSSR count). The lowest BCUT2D eigenvalue weighted by Gasteiger charge is -2.23. The first kappa shape index (κ1) is 13.5. The van der Waals surface area contributed by atoms with Gasteiger partial charge in [-0.25, -0.2) is 0 Å². The lowest BCUT2D eigenvalue weighted by Crippen LogP contribution is -2.24. The van der Waals surface area contributed by atoms with Crippen molar-refractivity contribution in [3.63, 3.8) is 0 Å². The summed E-state index contributed by atoms with van der Waals surface area (Å²) in [4.78, 5) is 0. The summed E-state index contributed by atoms with van der Waals surface area (Å²) in [5.41, 5.74) is 0.865. The van der Waals surface area contributed by atoms with Crippen LogP contribution in [-0.4, -0.2) is 9.70 Å². The van der Waals surface area contributed by atoms with Crippen LogP contribution in [0.1, 0.15) is 26.7 Å². The summed E-state index contributed by atoms with van der Waals surface area (Å²) >= 11 is 15.3. The van der Waals surface area contributed by atoms with E-state index in [1.165, 1.54) is 0 Å². The molecule has 76 valence electrons. The smallest absolute Gasteiger partial charge is 0.0487 e. The van der Waals surface area contributed by atoms with Crippen LogP contribution in [0.2, 0.25) is 0 Å². The molecule has 3 heteroatoms. The van der Waals surface area contributed by atoms with Crippen LogP contribution in [0.5, 0.6) is 0 Å². The lowest BCUT2D eigenvalue weighted by molar-refractivity contribution is 0.623. The predicted molar refractivity (Wildman–Crippen MR) is 66.0 cm³/mol. The molecule has 1 atom stereocenters. The van der Waals surface area contributed by atoms with Crippen molar-refractivity contribution < 1.29 is 0 Å². The quantitative estimate of drug-likeness (QED) is 0.500. The molecule has 0 aliphatic heterocycles. The average molecular weight is 286 g/mol. The summed E-state index contributed by atoms with van der Waals surface area (Å²) < 4.78 is -0.0531. The molecular formula is C10H15BrCl2. The normalized spacial score (nSPS) is 13.9. The Kier molecular flexibility index (Phi) is 5.65. The zero-order chi connectivity index (χ0) is 10.6. The van der Waals surface area contributed by atoms with E-state index in [1.807, 2.05) is 13.8 Å². The molecule has 0 aromatic carbocycles. The Morgan fingerprint density at radius 2 is 1.92 bits per heavy atom. The van der Waals surface area contributed by atoms with Crippen molar-refractivity contribution >= 4 is 39.1 Å². The number of halogens is 3. The minimum Gasteiger partial charge on any atom is -0.121 e. The van der Waals surface area contributed by atoms with Crippen molar-refractivity contribution in [1.29, 1.82) is 0 Å². The third-order valence-electron chi connectivity index (χ3n) is 1.83. The SMILES string of the molecule is C=C(Cl)C(=C)CCC(Cl)C(C)(C)Br. The first-order valence-electron chi connectivity index (χ1n) is 4.10. The van der Waals surface area contributed by atoms with Crippen LogP contribution in [0.3, 0.4) is 0 Å². The van der Waals surface area contributed by atoms with E-state index >= 15 is 0 Å². The maximum absolute atomic E-state index is 6.14. The average Bonchev–Trinajstić information content (AvgIpc) is 1.97. The van der Waals surface area contributed by atoms with Crippen LogP contribution in [0.4, 0.5) is 0 Å². The molecule has 0 nitrogen and oxygen atoms in total. The van der Waals surface area contributed by atoms with Gasteiger partial charge in [-0.2, -0.15) is 0 Å². The van der Waals surface area contributed by atoms with E-state index in [0.717, 1.165) is 18.4 Å². The maximum atomic E-state index is 6.14. The molecule has 0 aliphatic carbocycles. The minimum absolute atomic E-state index is 0.0531. The molecule has 0 amide bonds. The van der Waals surface area contributed by atoms with Gasteiger partial charge in [0, 0.05) is 14.7 Å². The van der Waals surface area contributed by atoms with E-state index in [4.69, 9.17) is 23.2 Å². The Hall–Kier alpha value is 0.540. The lowest BCUT2D eigenvalue weighted by atomic mass is 10.0. The van der Waals surface area contributed by atoms with E-state index in [2.05, 4.69) is 29.1 Å². The largest absolute Gasteiger partial charge is 0.121 e. The van der Waals surface area contributed by atoms with Gasteiger partial charge in [-0.1, -0.05) is 40.7 Å². The van der Waals surface area contributed by atoms with Gasteiger partial charge >= 0.3 is 0 Å². The van der Waals surface area contributed by atoms with Crippen molar-refractivity contribution in [2.75, 3.05) is 0 Å². The zero-order valence-electron chi connectivity index (χ0n) is 8.04. The van der Waals surface area contributed by atoms with Crippen molar-refractivity contribution in [3.8, 4) is 0 Å². The van der Waals surface area contributed by atoms with E-state index < -0.39 is 0 Å². The summed E-state index contributed by atoms with van der Waals surface area (Å²) in [5, 5.41) is 0.594. The Morgan fingerprint density at radius 3 is 2.23 bits per heavy atom. The molecule has 0 fully saturated rings. The fourth-order valence-corrected chi connectivity index (χ4v) is 1.21. The van der Waals surface area contributed by atoms with Gasteiger partial charge in [0.15, 0.2) is 0 Å². The summed E-state index contributed by atoms with van der Waals surface area (Å²) in [5.74, 6) is 0. The molecule has 0 saturated carbocycles. The third kappa shape index (κ3) is 5.77. The van der Waals surface area contributed by atoms with Gasteiger partial charge in [0.2, 0.25) is 0 Å². The fourth-order valence-electron chi connectivity index (χ4n) is 0.780. The molecule has 0 aromatic rings. The van der Waals surface area contributed by atoms with Crippen LogP contribution in [0, 0.1) is 0 Å². The molecule has 0 spiro atoms. The van der Waals surface area contributed by atoms with Gasteiger partial charge in [0.1, 0.15) is 0 Å². The molecule has 13 heavy (non-hydrogen) atoms. The first-order valence-corrected chi connectivity index (χ1v) is 5.71. The van der Waals surface area contributed by atoms with Crippen molar-refractivity contribution in [2.24, 2.45) is 0 Å². The topological polar surface area (TPSA) is 0 Å². The number of allylic oxidation sites excluding steroid dienone is 2. The number of hydrogen-bond acceptors (Lipinski definition) is 0. The maximum Gasteiger partial charge on any atom is 0.0487 e. The monoisotopic (exact) mass is 284 g/mol. The molecule has 0 aromatic heterocycles. The molecule has 0 heterocycles. The van der Waals surface area contributed by atoms with Gasteiger partial charge in [0.25, 0.3) is 0 Å². The minimum atomic E-state index is -0.0531. The van der Waals surface area contributed by atoms with Gasteiger partial charge in [-0.15, -0.1) is 11.6 Å². The highest BCUT2D eigenvalue weighted by Crippen LogP contribution is 2.30. The van der Waals surface area contributed by atoms with Crippen molar-refractivity contribution in [1.82, 2.24) is 0 Å². The van der Waals surface area contributed by atoms with Crippen LogP contribution < -0.4 is 0 Å². The standard InChI is InChI=1S/C10H15BrCl2/c1-7(8(2)12)5-6-9(13)10(3,4)11/h9H,1-2,5-6H2,3-4H3. The van der Waals surface area contributed by atoms with Crippen LogP contribution in [0.25, 0.3) is 0 Å². The van der Waals surface area contributed by atoms with Crippen LogP contribution in [-0.2, 0) is 0 Å². The summed E-state index contributed by atoms with van der Waals surface area (Å²) in [6.07, 6.45) is 1.65. The van der Waals surface area contributed by atoms with Gasteiger partial charge in [0.05, 0.1) is 0 Å². The zero-order valence-corrected chi connectivity index (χ0v) is 11.1. The summed E-state index contributed by atoms with van der Waals surface area (Å²) in [7, 11) is 0. The molecular weight excluding hydrogens is 271 g/mol. The molecule has 0 aliphatic rings. The highest BCUT2D eigenvalue weighted by atomic mass is 79.9. The summed E-state index contributed by atoms with van der Waals surface area (Å²) in [6, 6.07) is 0. The van der Waals surface area contributed by atoms with E-state index in [1.54, 1.807) is 0 Å². The van der Waals surface area contributed by atoms with Gasteiger partial charge in [-0.3, -0.25) is 0 Å².